The quantitative estimate of drug-likeness (QED) is 0.699. The molecule has 2 rings (SSSR count). The minimum absolute atomic E-state index is 0.134. The number of β-amino-alcohol motifs (C(OH)–C–C–N with tert-alkyl or cyclic N) is 1. The van der Waals surface area contributed by atoms with Crippen LogP contribution in [0, 0.1) is 5.92 Å². The lowest BCUT2D eigenvalue weighted by molar-refractivity contribution is -0.0777. The smallest absolute Gasteiger partial charge is 0.0679 e. The topological polar surface area (TPSA) is 43.7 Å². The SMILES string of the molecule is CC1CC(O)(CCN2CCC(O)C2)C1. The molecule has 3 nitrogen and oxygen atoms in total. The van der Waals surface area contributed by atoms with Gasteiger partial charge in [-0.05, 0) is 31.6 Å². The molecule has 2 aliphatic rings. The van der Waals surface area contributed by atoms with Gasteiger partial charge in [0.15, 0.2) is 0 Å². The third kappa shape index (κ3) is 2.27. The summed E-state index contributed by atoms with van der Waals surface area (Å²) in [5.74, 6) is 0.698. The molecule has 1 unspecified atom stereocenters. The van der Waals surface area contributed by atoms with Crippen molar-refractivity contribution < 1.29 is 10.2 Å². The van der Waals surface area contributed by atoms with Crippen LogP contribution in [0.25, 0.3) is 0 Å². The van der Waals surface area contributed by atoms with Crippen molar-refractivity contribution in [1.29, 1.82) is 0 Å². The van der Waals surface area contributed by atoms with Crippen molar-refractivity contribution in [2.24, 2.45) is 5.92 Å². The highest BCUT2D eigenvalue weighted by atomic mass is 16.3. The molecule has 14 heavy (non-hydrogen) atoms. The van der Waals surface area contributed by atoms with Gasteiger partial charge in [-0.2, -0.15) is 0 Å². The zero-order chi connectivity index (χ0) is 10.2. The molecule has 0 bridgehead atoms. The van der Waals surface area contributed by atoms with E-state index in [2.05, 4.69) is 11.8 Å². The fourth-order valence-corrected chi connectivity index (χ4v) is 2.82. The first-order chi connectivity index (χ1) is 6.57. The van der Waals surface area contributed by atoms with Crippen LogP contribution < -0.4 is 0 Å². The van der Waals surface area contributed by atoms with Gasteiger partial charge in [0.05, 0.1) is 11.7 Å². The van der Waals surface area contributed by atoms with Gasteiger partial charge < -0.3 is 15.1 Å². The van der Waals surface area contributed by atoms with Crippen LogP contribution in [-0.2, 0) is 0 Å². The summed E-state index contributed by atoms with van der Waals surface area (Å²) in [5.41, 5.74) is -0.382. The number of hydrogen-bond donors (Lipinski definition) is 2. The molecule has 0 aromatic heterocycles. The Kier molecular flexibility index (Phi) is 2.82. The molecule has 1 saturated carbocycles. The van der Waals surface area contributed by atoms with Gasteiger partial charge >= 0.3 is 0 Å². The van der Waals surface area contributed by atoms with Crippen LogP contribution in [-0.4, -0.2) is 46.5 Å². The Balaban J connectivity index is 1.67. The van der Waals surface area contributed by atoms with Crippen LogP contribution in [0.4, 0.5) is 0 Å². The van der Waals surface area contributed by atoms with E-state index in [9.17, 15) is 10.2 Å². The van der Waals surface area contributed by atoms with Crippen molar-refractivity contribution in [3.8, 4) is 0 Å². The maximum absolute atomic E-state index is 10.0. The Hall–Kier alpha value is -0.120. The molecule has 1 heterocycles. The second kappa shape index (κ2) is 3.80. The van der Waals surface area contributed by atoms with Gasteiger partial charge in [-0.15, -0.1) is 0 Å². The van der Waals surface area contributed by atoms with Gasteiger partial charge in [0, 0.05) is 19.6 Å². The molecule has 2 fully saturated rings. The highest BCUT2D eigenvalue weighted by Crippen LogP contribution is 2.39. The third-order valence-corrected chi connectivity index (χ3v) is 3.60. The number of hydrogen-bond acceptors (Lipinski definition) is 3. The largest absolute Gasteiger partial charge is 0.392 e. The van der Waals surface area contributed by atoms with Crippen molar-refractivity contribution in [1.82, 2.24) is 4.90 Å². The first kappa shape index (κ1) is 10.4. The fraction of sp³-hybridized carbons (Fsp3) is 1.00. The van der Waals surface area contributed by atoms with Crippen LogP contribution in [0.2, 0.25) is 0 Å². The van der Waals surface area contributed by atoms with Crippen molar-refractivity contribution in [2.75, 3.05) is 19.6 Å². The molecule has 0 aromatic carbocycles. The molecule has 0 radical (unpaired) electrons. The lowest BCUT2D eigenvalue weighted by Gasteiger charge is -2.43. The lowest BCUT2D eigenvalue weighted by Crippen LogP contribution is -2.45. The predicted octanol–water partition coefficient (Wildman–Crippen LogP) is 0.604. The minimum atomic E-state index is -0.382. The van der Waals surface area contributed by atoms with Crippen LogP contribution in [0.15, 0.2) is 0 Å². The minimum Gasteiger partial charge on any atom is -0.392 e. The molecule has 1 aliphatic heterocycles. The molecule has 82 valence electrons. The zero-order valence-corrected chi connectivity index (χ0v) is 8.95. The second-order valence-corrected chi connectivity index (χ2v) is 5.23. The first-order valence-corrected chi connectivity index (χ1v) is 5.70. The predicted molar refractivity (Wildman–Crippen MR) is 55.0 cm³/mol. The monoisotopic (exact) mass is 199 g/mol. The summed E-state index contributed by atoms with van der Waals surface area (Å²) in [6, 6.07) is 0. The van der Waals surface area contributed by atoms with E-state index in [0.717, 1.165) is 45.3 Å². The molecule has 0 spiro atoms. The molecule has 2 N–H and O–H groups in total. The summed E-state index contributed by atoms with van der Waals surface area (Å²) in [4.78, 5) is 2.26. The molecule has 1 aliphatic carbocycles. The summed E-state index contributed by atoms with van der Waals surface area (Å²) in [6.45, 7) is 4.92. The maximum Gasteiger partial charge on any atom is 0.0679 e. The summed E-state index contributed by atoms with van der Waals surface area (Å²) >= 11 is 0. The van der Waals surface area contributed by atoms with E-state index < -0.39 is 0 Å². The van der Waals surface area contributed by atoms with E-state index in [0.29, 0.717) is 5.92 Å². The van der Waals surface area contributed by atoms with Gasteiger partial charge in [-0.25, -0.2) is 0 Å². The Bertz CT molecular complexity index is 201. The number of aliphatic hydroxyl groups is 2. The molecule has 0 amide bonds. The highest BCUT2D eigenvalue weighted by molar-refractivity contribution is 4.93. The number of likely N-dealkylation sites (tertiary alicyclic amines) is 1. The Morgan fingerprint density at radius 2 is 2.14 bits per heavy atom. The van der Waals surface area contributed by atoms with Crippen molar-refractivity contribution >= 4 is 0 Å². The van der Waals surface area contributed by atoms with E-state index in [4.69, 9.17) is 0 Å². The van der Waals surface area contributed by atoms with E-state index in [-0.39, 0.29) is 11.7 Å². The van der Waals surface area contributed by atoms with Gasteiger partial charge in [0.25, 0.3) is 0 Å². The molecule has 1 atom stereocenters. The molecule has 1 saturated heterocycles. The van der Waals surface area contributed by atoms with E-state index in [1.54, 1.807) is 0 Å². The van der Waals surface area contributed by atoms with E-state index in [1.807, 2.05) is 0 Å². The number of aliphatic hydroxyl groups excluding tert-OH is 1. The Morgan fingerprint density at radius 3 is 2.64 bits per heavy atom. The lowest BCUT2D eigenvalue weighted by atomic mass is 9.70. The average molecular weight is 199 g/mol. The first-order valence-electron chi connectivity index (χ1n) is 5.70. The van der Waals surface area contributed by atoms with Gasteiger partial charge in [-0.1, -0.05) is 6.92 Å². The molecule has 3 heteroatoms. The number of nitrogens with zero attached hydrogens (tertiary/aromatic N) is 1. The molecular weight excluding hydrogens is 178 g/mol. The van der Waals surface area contributed by atoms with E-state index >= 15 is 0 Å². The highest BCUT2D eigenvalue weighted by Gasteiger charge is 2.40. The van der Waals surface area contributed by atoms with Crippen LogP contribution in [0.1, 0.15) is 32.6 Å². The summed E-state index contributed by atoms with van der Waals surface area (Å²) < 4.78 is 0. The van der Waals surface area contributed by atoms with Gasteiger partial charge in [0.2, 0.25) is 0 Å². The van der Waals surface area contributed by atoms with Crippen LogP contribution >= 0.6 is 0 Å². The van der Waals surface area contributed by atoms with Crippen LogP contribution in [0.5, 0.6) is 0 Å². The van der Waals surface area contributed by atoms with Gasteiger partial charge in [0.1, 0.15) is 0 Å². The van der Waals surface area contributed by atoms with Crippen molar-refractivity contribution in [3.63, 3.8) is 0 Å². The van der Waals surface area contributed by atoms with E-state index in [1.165, 1.54) is 0 Å². The number of rotatable bonds is 3. The summed E-state index contributed by atoms with van der Waals surface area (Å²) in [7, 11) is 0. The second-order valence-electron chi connectivity index (χ2n) is 5.23. The molecule has 0 aromatic rings. The molecular formula is C11H21NO2. The fourth-order valence-electron chi connectivity index (χ4n) is 2.82. The zero-order valence-electron chi connectivity index (χ0n) is 8.95. The van der Waals surface area contributed by atoms with Crippen molar-refractivity contribution in [2.45, 2.75) is 44.3 Å². The van der Waals surface area contributed by atoms with Crippen LogP contribution in [0.3, 0.4) is 0 Å². The summed E-state index contributed by atoms with van der Waals surface area (Å²) in [5, 5.41) is 19.4. The van der Waals surface area contributed by atoms with Gasteiger partial charge in [-0.3, -0.25) is 0 Å². The van der Waals surface area contributed by atoms with Crippen molar-refractivity contribution in [3.05, 3.63) is 0 Å². The normalized spacial score (nSPS) is 43.9. The Morgan fingerprint density at radius 1 is 1.43 bits per heavy atom. The standard InChI is InChI=1S/C11H21NO2/c1-9-6-11(14,7-9)3-5-12-4-2-10(13)8-12/h9-10,13-14H,2-8H2,1H3. The summed E-state index contributed by atoms with van der Waals surface area (Å²) in [6.07, 6.45) is 3.57. The average Bonchev–Trinajstić information content (AvgIpc) is 2.46. The third-order valence-electron chi connectivity index (χ3n) is 3.60. The maximum atomic E-state index is 10.0. The Labute approximate surface area is 85.7 Å².